The van der Waals surface area contributed by atoms with Crippen molar-refractivity contribution in [3.63, 3.8) is 0 Å². The number of ketones is 1. The number of ether oxygens (including phenoxy) is 4. The van der Waals surface area contributed by atoms with Crippen LogP contribution < -0.4 is 14.2 Å². The first-order chi connectivity index (χ1) is 17.1. The minimum absolute atomic E-state index is 0.0710. The van der Waals surface area contributed by atoms with Crippen LogP contribution in [-0.4, -0.2) is 54.0 Å². The zero-order valence-corrected chi connectivity index (χ0v) is 20.1. The molecule has 0 aliphatic heterocycles. The first kappa shape index (κ1) is 22.8. The summed E-state index contributed by atoms with van der Waals surface area (Å²) in [6.45, 7) is 0.295. The van der Waals surface area contributed by atoms with E-state index in [1.165, 1.54) is 0 Å². The number of hydrogen-bond acceptors (Lipinski definition) is 8. The number of hydrogen-bond donors (Lipinski definition) is 0. The van der Waals surface area contributed by atoms with Crippen molar-refractivity contribution in [2.24, 2.45) is 0 Å². The standard InChI is InChI=1S/C26H26N4O5/c1-32-14-20-24(15-5-7-17(33-2)8-6-15)26-28-27-25-21(30(26)29-20)11-16(12-22(25)31)19-10-9-18(34-3)13-23(19)35-4/h5-10,13,16H,11-12,14H2,1-4H3/t16-/m0/s1. The molecule has 2 aromatic carbocycles. The third-order valence-electron chi connectivity index (χ3n) is 6.38. The predicted molar refractivity (Wildman–Crippen MR) is 128 cm³/mol. The van der Waals surface area contributed by atoms with E-state index >= 15 is 0 Å². The van der Waals surface area contributed by atoms with Crippen molar-refractivity contribution < 1.29 is 23.7 Å². The smallest absolute Gasteiger partial charge is 0.185 e. The van der Waals surface area contributed by atoms with Gasteiger partial charge < -0.3 is 18.9 Å². The van der Waals surface area contributed by atoms with Crippen LogP contribution in [-0.2, 0) is 17.8 Å². The van der Waals surface area contributed by atoms with Gasteiger partial charge in [0.1, 0.15) is 17.2 Å². The van der Waals surface area contributed by atoms with Gasteiger partial charge in [-0.2, -0.15) is 5.10 Å². The molecule has 4 aromatic rings. The number of carbonyl (C=O) groups excluding carboxylic acids is 1. The quantitative estimate of drug-likeness (QED) is 0.398. The summed E-state index contributed by atoms with van der Waals surface area (Å²) in [5.74, 6) is 1.97. The molecule has 2 aromatic heterocycles. The zero-order chi connectivity index (χ0) is 24.5. The lowest BCUT2D eigenvalue weighted by Crippen LogP contribution is -2.24. The van der Waals surface area contributed by atoms with Gasteiger partial charge in [0.05, 0.1) is 44.9 Å². The molecule has 180 valence electrons. The molecule has 0 spiro atoms. The van der Waals surface area contributed by atoms with Crippen LogP contribution in [0, 0.1) is 0 Å². The molecule has 1 atom stereocenters. The van der Waals surface area contributed by atoms with Gasteiger partial charge >= 0.3 is 0 Å². The summed E-state index contributed by atoms with van der Waals surface area (Å²) in [7, 11) is 6.48. The van der Waals surface area contributed by atoms with E-state index in [1.807, 2.05) is 42.5 Å². The van der Waals surface area contributed by atoms with Crippen LogP contribution in [0.4, 0.5) is 0 Å². The van der Waals surface area contributed by atoms with Gasteiger partial charge in [0.2, 0.25) is 0 Å². The number of fused-ring (bicyclic) bond motifs is 3. The van der Waals surface area contributed by atoms with Crippen LogP contribution in [0.2, 0.25) is 0 Å². The largest absolute Gasteiger partial charge is 0.497 e. The molecule has 0 bridgehead atoms. The van der Waals surface area contributed by atoms with Crippen molar-refractivity contribution in [3.05, 3.63) is 65.1 Å². The maximum Gasteiger partial charge on any atom is 0.185 e. The van der Waals surface area contributed by atoms with Crippen molar-refractivity contribution >= 4 is 11.4 Å². The highest BCUT2D eigenvalue weighted by Gasteiger charge is 2.33. The molecule has 35 heavy (non-hydrogen) atoms. The summed E-state index contributed by atoms with van der Waals surface area (Å²) >= 11 is 0. The molecule has 0 saturated heterocycles. The van der Waals surface area contributed by atoms with E-state index in [9.17, 15) is 4.79 Å². The van der Waals surface area contributed by atoms with Crippen LogP contribution in [0.1, 0.15) is 39.8 Å². The Morgan fingerprint density at radius 1 is 0.914 bits per heavy atom. The first-order valence-corrected chi connectivity index (χ1v) is 11.2. The summed E-state index contributed by atoms with van der Waals surface area (Å²) in [5, 5.41) is 13.6. The molecule has 0 N–H and O–H groups in total. The molecule has 0 amide bonds. The first-order valence-electron chi connectivity index (χ1n) is 11.2. The van der Waals surface area contributed by atoms with E-state index in [0.29, 0.717) is 42.3 Å². The molecule has 5 rings (SSSR count). The second-order valence-electron chi connectivity index (χ2n) is 8.35. The van der Waals surface area contributed by atoms with Gasteiger partial charge in [0.25, 0.3) is 0 Å². The highest BCUT2D eigenvalue weighted by molar-refractivity contribution is 5.97. The molecule has 0 unspecified atom stereocenters. The van der Waals surface area contributed by atoms with Crippen LogP contribution in [0.25, 0.3) is 16.8 Å². The van der Waals surface area contributed by atoms with Crippen molar-refractivity contribution in [3.8, 4) is 28.4 Å². The molecule has 0 saturated carbocycles. The average molecular weight is 475 g/mol. The lowest BCUT2D eigenvalue weighted by atomic mass is 9.83. The van der Waals surface area contributed by atoms with Gasteiger partial charge in [-0.1, -0.05) is 18.2 Å². The molecule has 1 aliphatic rings. The topological polar surface area (TPSA) is 97.1 Å². The second kappa shape index (κ2) is 9.34. The lowest BCUT2D eigenvalue weighted by Gasteiger charge is -2.24. The maximum atomic E-state index is 13.1. The van der Waals surface area contributed by atoms with E-state index in [-0.39, 0.29) is 11.7 Å². The molecule has 9 heteroatoms. The molecule has 9 nitrogen and oxygen atoms in total. The van der Waals surface area contributed by atoms with Crippen LogP contribution in [0.15, 0.2) is 42.5 Å². The number of carbonyl (C=O) groups is 1. The summed E-state index contributed by atoms with van der Waals surface area (Å²) < 4.78 is 23.4. The number of methoxy groups -OCH3 is 4. The Morgan fingerprint density at radius 3 is 2.34 bits per heavy atom. The second-order valence-corrected chi connectivity index (χ2v) is 8.35. The van der Waals surface area contributed by atoms with E-state index in [2.05, 4.69) is 10.2 Å². The van der Waals surface area contributed by atoms with Gasteiger partial charge in [-0.05, 0) is 35.7 Å². The lowest BCUT2D eigenvalue weighted by molar-refractivity contribution is 0.0955. The van der Waals surface area contributed by atoms with Crippen molar-refractivity contribution in [2.45, 2.75) is 25.4 Å². The Hall–Kier alpha value is -3.98. The normalized spacial score (nSPS) is 15.2. The Morgan fingerprint density at radius 2 is 1.66 bits per heavy atom. The molecule has 2 heterocycles. The van der Waals surface area contributed by atoms with E-state index in [1.54, 1.807) is 33.0 Å². The number of aromatic nitrogens is 4. The molecular weight excluding hydrogens is 448 g/mol. The Kier molecular flexibility index (Phi) is 6.08. The number of Topliss-reactive ketones (excluding diaryl/α,β-unsaturated/α-hetero) is 1. The Balaban J connectivity index is 1.64. The van der Waals surface area contributed by atoms with Crippen molar-refractivity contribution in [1.82, 2.24) is 19.8 Å². The third kappa shape index (κ3) is 3.97. The highest BCUT2D eigenvalue weighted by atomic mass is 16.5. The van der Waals surface area contributed by atoms with E-state index in [4.69, 9.17) is 24.0 Å². The van der Waals surface area contributed by atoms with Crippen LogP contribution in [0.5, 0.6) is 17.2 Å². The van der Waals surface area contributed by atoms with Gasteiger partial charge in [0, 0.05) is 25.5 Å². The summed E-state index contributed by atoms with van der Waals surface area (Å²) in [4.78, 5) is 13.1. The fourth-order valence-electron chi connectivity index (χ4n) is 4.68. The fraction of sp³-hybridized carbons (Fsp3) is 0.308. The average Bonchev–Trinajstić information content (AvgIpc) is 3.27. The van der Waals surface area contributed by atoms with Crippen LogP contribution in [0.3, 0.4) is 0 Å². The molecule has 0 radical (unpaired) electrons. The number of nitrogens with zero attached hydrogens (tertiary/aromatic N) is 4. The maximum absolute atomic E-state index is 13.1. The van der Waals surface area contributed by atoms with Crippen molar-refractivity contribution in [1.29, 1.82) is 0 Å². The van der Waals surface area contributed by atoms with E-state index < -0.39 is 0 Å². The van der Waals surface area contributed by atoms with Crippen LogP contribution >= 0.6 is 0 Å². The summed E-state index contributed by atoms with van der Waals surface area (Å²) in [5.41, 5.74) is 5.06. The molecule has 0 fully saturated rings. The monoisotopic (exact) mass is 474 g/mol. The minimum Gasteiger partial charge on any atom is -0.497 e. The third-order valence-corrected chi connectivity index (χ3v) is 6.38. The van der Waals surface area contributed by atoms with Gasteiger partial charge in [-0.3, -0.25) is 4.79 Å². The fourth-order valence-corrected chi connectivity index (χ4v) is 4.68. The van der Waals surface area contributed by atoms with Gasteiger partial charge in [-0.25, -0.2) is 4.52 Å². The Bertz CT molecular complexity index is 1400. The molecule has 1 aliphatic carbocycles. The number of benzene rings is 2. The van der Waals surface area contributed by atoms with Gasteiger partial charge in [-0.15, -0.1) is 10.2 Å². The summed E-state index contributed by atoms with van der Waals surface area (Å²) in [6.07, 6.45) is 0.874. The van der Waals surface area contributed by atoms with Gasteiger partial charge in [0.15, 0.2) is 17.1 Å². The van der Waals surface area contributed by atoms with Crippen molar-refractivity contribution in [2.75, 3.05) is 28.4 Å². The molecular formula is C26H26N4O5. The zero-order valence-electron chi connectivity index (χ0n) is 20.1. The highest BCUT2D eigenvalue weighted by Crippen LogP contribution is 2.39. The predicted octanol–water partition coefficient (Wildman–Crippen LogP) is 3.88. The van der Waals surface area contributed by atoms with E-state index in [0.717, 1.165) is 33.8 Å². The summed E-state index contributed by atoms with van der Waals surface area (Å²) in [6, 6.07) is 13.3. The minimum atomic E-state index is -0.0947. The Labute approximate surface area is 202 Å². The number of rotatable bonds is 7. The SMILES string of the molecule is COCc1nn2c3c(nnc2c1-c1ccc(OC)cc1)C(=O)C[C@@H](c1ccc(OC)cc1OC)C3.